The molecule has 0 spiro atoms. The first-order valence-electron chi connectivity index (χ1n) is 3.63. The highest BCUT2D eigenvalue weighted by molar-refractivity contribution is 6.32. The van der Waals surface area contributed by atoms with Gasteiger partial charge in [-0.05, 0) is 12.1 Å². The van der Waals surface area contributed by atoms with Crippen LogP contribution in [0.1, 0.15) is 5.56 Å². The fraction of sp³-hybridized carbons (Fsp3) is 0.125. The maximum Gasteiger partial charge on any atom is 0.0942 e. The highest BCUT2D eigenvalue weighted by Crippen LogP contribution is 2.22. The number of nitrogens with two attached hydrogens (primary N) is 1. The second kappa shape index (κ2) is 2.77. The number of nitrogens with one attached hydrogen (secondary N) is 1. The van der Waals surface area contributed by atoms with E-state index in [0.717, 1.165) is 16.6 Å². The van der Waals surface area contributed by atoms with Crippen molar-refractivity contribution in [3.8, 4) is 0 Å². The van der Waals surface area contributed by atoms with Gasteiger partial charge < -0.3 is 10.7 Å². The molecule has 0 saturated carbocycles. The van der Waals surface area contributed by atoms with Crippen LogP contribution in [0.25, 0.3) is 11.0 Å². The lowest BCUT2D eigenvalue weighted by Gasteiger charge is -2.00. The summed E-state index contributed by atoms with van der Waals surface area (Å²) in [5.41, 5.74) is 8.27. The average Bonchev–Trinajstić information content (AvgIpc) is 2.52. The number of hydrogen-bond acceptors (Lipinski definition) is 2. The Morgan fingerprint density at radius 2 is 2.33 bits per heavy atom. The van der Waals surface area contributed by atoms with Gasteiger partial charge in [0.2, 0.25) is 0 Å². The van der Waals surface area contributed by atoms with E-state index in [1.165, 1.54) is 0 Å². The minimum absolute atomic E-state index is 0.418. The summed E-state index contributed by atoms with van der Waals surface area (Å²) in [5, 5.41) is 0.678. The Balaban J connectivity index is 2.83. The van der Waals surface area contributed by atoms with Gasteiger partial charge in [-0.2, -0.15) is 0 Å². The molecule has 1 aromatic heterocycles. The Kier molecular flexibility index (Phi) is 1.75. The van der Waals surface area contributed by atoms with E-state index in [1.54, 1.807) is 6.33 Å². The summed E-state index contributed by atoms with van der Waals surface area (Å²) >= 11 is 5.93. The second-order valence-electron chi connectivity index (χ2n) is 2.53. The number of aromatic nitrogens is 2. The van der Waals surface area contributed by atoms with Crippen molar-refractivity contribution in [2.75, 3.05) is 0 Å². The zero-order valence-electron chi connectivity index (χ0n) is 6.34. The van der Waals surface area contributed by atoms with Crippen LogP contribution in [-0.2, 0) is 6.54 Å². The predicted octanol–water partition coefficient (Wildman–Crippen LogP) is 1.67. The lowest BCUT2D eigenvalue weighted by molar-refractivity contribution is 1.08. The fourth-order valence-corrected chi connectivity index (χ4v) is 1.47. The molecule has 2 rings (SSSR count). The third-order valence-corrected chi connectivity index (χ3v) is 2.20. The minimum Gasteiger partial charge on any atom is -0.345 e. The van der Waals surface area contributed by atoms with E-state index >= 15 is 0 Å². The largest absolute Gasteiger partial charge is 0.345 e. The molecule has 0 radical (unpaired) electrons. The van der Waals surface area contributed by atoms with Crippen molar-refractivity contribution in [2.24, 2.45) is 5.73 Å². The van der Waals surface area contributed by atoms with Crippen LogP contribution >= 0.6 is 11.6 Å². The quantitative estimate of drug-likeness (QED) is 0.703. The molecule has 0 unspecified atom stereocenters. The van der Waals surface area contributed by atoms with Gasteiger partial charge in [-0.1, -0.05) is 11.6 Å². The number of aromatic amines is 1. The Morgan fingerprint density at radius 3 is 3.08 bits per heavy atom. The first kappa shape index (κ1) is 7.58. The summed E-state index contributed by atoms with van der Waals surface area (Å²) in [7, 11) is 0. The molecule has 1 heterocycles. The molecule has 3 nitrogen and oxygen atoms in total. The molecule has 3 N–H and O–H groups in total. The maximum atomic E-state index is 5.93. The summed E-state index contributed by atoms with van der Waals surface area (Å²) in [5.74, 6) is 0. The Hall–Kier alpha value is -1.06. The van der Waals surface area contributed by atoms with Crippen LogP contribution in [0.15, 0.2) is 18.5 Å². The van der Waals surface area contributed by atoms with Crippen molar-refractivity contribution in [1.82, 2.24) is 9.97 Å². The number of rotatable bonds is 1. The Bertz CT molecular complexity index is 408. The monoisotopic (exact) mass is 181 g/mol. The molecular formula is C8H8ClN3. The van der Waals surface area contributed by atoms with Gasteiger partial charge in [0.1, 0.15) is 0 Å². The smallest absolute Gasteiger partial charge is 0.0942 e. The summed E-state index contributed by atoms with van der Waals surface area (Å²) in [6, 6.07) is 3.72. The molecule has 1 aromatic carbocycles. The number of imidazole rings is 1. The zero-order chi connectivity index (χ0) is 8.55. The van der Waals surface area contributed by atoms with E-state index < -0.39 is 0 Å². The van der Waals surface area contributed by atoms with E-state index in [4.69, 9.17) is 17.3 Å². The third-order valence-electron chi connectivity index (χ3n) is 1.84. The van der Waals surface area contributed by atoms with Crippen LogP contribution in [0.2, 0.25) is 5.02 Å². The van der Waals surface area contributed by atoms with Gasteiger partial charge in [0.25, 0.3) is 0 Å². The third kappa shape index (κ3) is 0.983. The van der Waals surface area contributed by atoms with Gasteiger partial charge >= 0.3 is 0 Å². The lowest BCUT2D eigenvalue weighted by Crippen LogP contribution is -1.98. The number of H-pyrrole nitrogens is 1. The molecule has 0 amide bonds. The molecule has 12 heavy (non-hydrogen) atoms. The van der Waals surface area contributed by atoms with E-state index in [0.29, 0.717) is 11.6 Å². The van der Waals surface area contributed by atoms with Crippen molar-refractivity contribution in [2.45, 2.75) is 6.54 Å². The molecule has 0 aliphatic carbocycles. The summed E-state index contributed by atoms with van der Waals surface area (Å²) in [6.07, 6.45) is 1.64. The van der Waals surface area contributed by atoms with Crippen LogP contribution in [0, 0.1) is 0 Å². The van der Waals surface area contributed by atoms with Crippen molar-refractivity contribution >= 4 is 22.6 Å². The SMILES string of the molecule is NCc1c(Cl)ccc2[nH]cnc12. The van der Waals surface area contributed by atoms with Crippen LogP contribution in [0.3, 0.4) is 0 Å². The van der Waals surface area contributed by atoms with Gasteiger partial charge in [0.15, 0.2) is 0 Å². The topological polar surface area (TPSA) is 54.7 Å². The molecule has 0 aliphatic heterocycles. The van der Waals surface area contributed by atoms with Crippen molar-refractivity contribution in [1.29, 1.82) is 0 Å². The first-order chi connectivity index (χ1) is 5.83. The standard InChI is InChI=1S/C8H8ClN3/c9-6-1-2-7-8(5(6)3-10)12-4-11-7/h1-2,4H,3,10H2,(H,11,12). The first-order valence-corrected chi connectivity index (χ1v) is 4.01. The number of nitrogens with zero attached hydrogens (tertiary/aromatic N) is 1. The van der Waals surface area contributed by atoms with Crippen LogP contribution in [-0.4, -0.2) is 9.97 Å². The van der Waals surface area contributed by atoms with Gasteiger partial charge in [-0.3, -0.25) is 0 Å². The highest BCUT2D eigenvalue weighted by Gasteiger charge is 2.05. The van der Waals surface area contributed by atoms with E-state index in [-0.39, 0.29) is 0 Å². The molecular weight excluding hydrogens is 174 g/mol. The average molecular weight is 182 g/mol. The van der Waals surface area contributed by atoms with E-state index in [2.05, 4.69) is 9.97 Å². The second-order valence-corrected chi connectivity index (χ2v) is 2.94. The van der Waals surface area contributed by atoms with E-state index in [9.17, 15) is 0 Å². The number of benzene rings is 1. The van der Waals surface area contributed by atoms with Crippen LogP contribution < -0.4 is 5.73 Å². The molecule has 2 aromatic rings. The summed E-state index contributed by atoms with van der Waals surface area (Å²) in [6.45, 7) is 0.418. The summed E-state index contributed by atoms with van der Waals surface area (Å²) in [4.78, 5) is 7.13. The summed E-state index contributed by atoms with van der Waals surface area (Å²) < 4.78 is 0. The van der Waals surface area contributed by atoms with Crippen molar-refractivity contribution in [3.05, 3.63) is 29.0 Å². The predicted molar refractivity (Wildman–Crippen MR) is 49.0 cm³/mol. The molecule has 62 valence electrons. The van der Waals surface area contributed by atoms with Gasteiger partial charge in [0.05, 0.1) is 17.4 Å². The minimum atomic E-state index is 0.418. The van der Waals surface area contributed by atoms with Gasteiger partial charge in [0, 0.05) is 17.1 Å². The fourth-order valence-electron chi connectivity index (χ4n) is 1.24. The molecule has 0 bridgehead atoms. The van der Waals surface area contributed by atoms with Crippen LogP contribution in [0.5, 0.6) is 0 Å². The molecule has 0 saturated heterocycles. The molecule has 0 atom stereocenters. The highest BCUT2D eigenvalue weighted by atomic mass is 35.5. The Labute approximate surface area is 74.5 Å². The molecule has 0 fully saturated rings. The maximum absolute atomic E-state index is 5.93. The van der Waals surface area contributed by atoms with E-state index in [1.807, 2.05) is 12.1 Å². The van der Waals surface area contributed by atoms with Gasteiger partial charge in [-0.15, -0.1) is 0 Å². The number of halogens is 1. The molecule has 0 aliphatic rings. The normalized spacial score (nSPS) is 10.8. The van der Waals surface area contributed by atoms with Crippen molar-refractivity contribution < 1.29 is 0 Å². The number of hydrogen-bond donors (Lipinski definition) is 2. The Morgan fingerprint density at radius 1 is 1.50 bits per heavy atom. The van der Waals surface area contributed by atoms with Gasteiger partial charge in [-0.25, -0.2) is 4.98 Å². The molecule has 4 heteroatoms. The van der Waals surface area contributed by atoms with Crippen LogP contribution in [0.4, 0.5) is 0 Å². The van der Waals surface area contributed by atoms with Crippen molar-refractivity contribution in [3.63, 3.8) is 0 Å². The lowest BCUT2D eigenvalue weighted by atomic mass is 10.2. The zero-order valence-corrected chi connectivity index (χ0v) is 7.10. The number of fused-ring (bicyclic) bond motifs is 1.